The summed E-state index contributed by atoms with van der Waals surface area (Å²) in [5.74, 6) is -0.00667. The number of rotatable bonds is 6. The Balaban J connectivity index is 1.80. The van der Waals surface area contributed by atoms with E-state index in [0.717, 1.165) is 30.5 Å². The molecule has 0 bridgehead atoms. The topological polar surface area (TPSA) is 52.7 Å². The largest absolute Gasteiger partial charge is 0.358 e. The molecule has 0 aliphatic carbocycles. The zero-order valence-electron chi connectivity index (χ0n) is 16.0. The van der Waals surface area contributed by atoms with Crippen LogP contribution < -0.4 is 5.32 Å². The average Bonchev–Trinajstić information content (AvgIpc) is 3.18. The van der Waals surface area contributed by atoms with Gasteiger partial charge < -0.3 is 10.2 Å². The van der Waals surface area contributed by atoms with Gasteiger partial charge in [-0.05, 0) is 24.0 Å². The van der Waals surface area contributed by atoms with Crippen LogP contribution in [0.5, 0.6) is 0 Å². The van der Waals surface area contributed by atoms with E-state index in [4.69, 9.17) is 0 Å². The Morgan fingerprint density at radius 1 is 1.11 bits per heavy atom. The van der Waals surface area contributed by atoms with Gasteiger partial charge >= 0.3 is 0 Å². The summed E-state index contributed by atoms with van der Waals surface area (Å²) in [7, 11) is 3.48. The molecule has 2 unspecified atom stereocenters. The van der Waals surface area contributed by atoms with Crippen molar-refractivity contribution < 1.29 is 9.59 Å². The Kier molecular flexibility index (Phi) is 6.24. The van der Waals surface area contributed by atoms with Crippen LogP contribution in [-0.4, -0.2) is 48.3 Å². The molecule has 5 heteroatoms. The van der Waals surface area contributed by atoms with Crippen LogP contribution in [0.1, 0.15) is 30.0 Å². The number of benzene rings is 2. The fraction of sp³-hybridized carbons (Fsp3) is 0.364. The van der Waals surface area contributed by atoms with Crippen LogP contribution in [0.3, 0.4) is 0 Å². The highest BCUT2D eigenvalue weighted by atomic mass is 16.2. The van der Waals surface area contributed by atoms with Crippen LogP contribution in [-0.2, 0) is 16.1 Å². The molecule has 1 heterocycles. The first kappa shape index (κ1) is 19.1. The molecule has 0 radical (unpaired) electrons. The molecule has 0 saturated carbocycles. The van der Waals surface area contributed by atoms with E-state index in [1.54, 1.807) is 11.9 Å². The SMILES string of the molecule is CNC(=O)C(c1ccccc1)N1CCCC1C(=O)N(C)Cc1ccccc1. The summed E-state index contributed by atoms with van der Waals surface area (Å²) in [4.78, 5) is 29.6. The highest BCUT2D eigenvalue weighted by Crippen LogP contribution is 2.30. The highest BCUT2D eigenvalue weighted by Gasteiger charge is 2.40. The molecular formula is C22H27N3O2. The van der Waals surface area contributed by atoms with E-state index in [-0.39, 0.29) is 17.9 Å². The quantitative estimate of drug-likeness (QED) is 0.856. The summed E-state index contributed by atoms with van der Waals surface area (Å²) in [5, 5.41) is 2.76. The van der Waals surface area contributed by atoms with Crippen molar-refractivity contribution in [3.63, 3.8) is 0 Å². The van der Waals surface area contributed by atoms with E-state index in [1.165, 1.54) is 0 Å². The lowest BCUT2D eigenvalue weighted by Crippen LogP contribution is -2.48. The van der Waals surface area contributed by atoms with Gasteiger partial charge in [0.1, 0.15) is 6.04 Å². The number of nitrogens with one attached hydrogen (secondary N) is 1. The van der Waals surface area contributed by atoms with Gasteiger partial charge in [0.15, 0.2) is 0 Å². The van der Waals surface area contributed by atoms with E-state index in [0.29, 0.717) is 6.54 Å². The Labute approximate surface area is 161 Å². The van der Waals surface area contributed by atoms with E-state index in [1.807, 2.05) is 67.7 Å². The van der Waals surface area contributed by atoms with Gasteiger partial charge in [-0.3, -0.25) is 14.5 Å². The number of likely N-dealkylation sites (N-methyl/N-ethyl adjacent to an activating group) is 2. The van der Waals surface area contributed by atoms with Gasteiger partial charge in [-0.15, -0.1) is 0 Å². The molecule has 1 fully saturated rings. The number of carbonyl (C=O) groups excluding carboxylic acids is 2. The zero-order chi connectivity index (χ0) is 19.2. The van der Waals surface area contributed by atoms with Crippen molar-refractivity contribution in [3.8, 4) is 0 Å². The Morgan fingerprint density at radius 3 is 2.37 bits per heavy atom. The summed E-state index contributed by atoms with van der Waals surface area (Å²) in [5.41, 5.74) is 2.02. The molecule has 1 saturated heterocycles. The van der Waals surface area contributed by atoms with Crippen molar-refractivity contribution in [3.05, 3.63) is 71.8 Å². The summed E-state index contributed by atoms with van der Waals surface area (Å²) in [6.07, 6.45) is 1.69. The minimum atomic E-state index is -0.447. The zero-order valence-corrected chi connectivity index (χ0v) is 16.0. The van der Waals surface area contributed by atoms with Crippen molar-refractivity contribution in [2.75, 3.05) is 20.6 Å². The lowest BCUT2D eigenvalue weighted by molar-refractivity contribution is -0.138. The number of likely N-dealkylation sites (tertiary alicyclic amines) is 1. The number of carbonyl (C=O) groups is 2. The molecule has 2 atom stereocenters. The Bertz CT molecular complexity index is 764. The molecule has 1 aliphatic rings. The lowest BCUT2D eigenvalue weighted by Gasteiger charge is -2.33. The first-order chi connectivity index (χ1) is 13.1. The number of hydrogen-bond donors (Lipinski definition) is 1. The second-order valence-electron chi connectivity index (χ2n) is 7.00. The van der Waals surface area contributed by atoms with Crippen LogP contribution in [0, 0.1) is 0 Å². The Hall–Kier alpha value is -2.66. The van der Waals surface area contributed by atoms with Crippen LogP contribution in [0.15, 0.2) is 60.7 Å². The first-order valence-electron chi connectivity index (χ1n) is 9.43. The fourth-order valence-electron chi connectivity index (χ4n) is 3.82. The third-order valence-electron chi connectivity index (χ3n) is 5.16. The molecule has 2 aromatic carbocycles. The average molecular weight is 365 g/mol. The second-order valence-corrected chi connectivity index (χ2v) is 7.00. The predicted octanol–water partition coefficient (Wildman–Crippen LogP) is 2.60. The van der Waals surface area contributed by atoms with Crippen LogP contribution >= 0.6 is 0 Å². The highest BCUT2D eigenvalue weighted by molar-refractivity contribution is 5.86. The van der Waals surface area contributed by atoms with Crippen molar-refractivity contribution in [1.29, 1.82) is 0 Å². The third-order valence-corrected chi connectivity index (χ3v) is 5.16. The van der Waals surface area contributed by atoms with Crippen LogP contribution in [0.2, 0.25) is 0 Å². The van der Waals surface area contributed by atoms with E-state index in [2.05, 4.69) is 10.2 Å². The van der Waals surface area contributed by atoms with Gasteiger partial charge in [0, 0.05) is 27.2 Å². The van der Waals surface area contributed by atoms with Crippen molar-refractivity contribution in [1.82, 2.24) is 15.1 Å². The van der Waals surface area contributed by atoms with E-state index >= 15 is 0 Å². The van der Waals surface area contributed by atoms with Gasteiger partial charge in [0.25, 0.3) is 0 Å². The number of hydrogen-bond acceptors (Lipinski definition) is 3. The fourth-order valence-corrected chi connectivity index (χ4v) is 3.82. The standard InChI is InChI=1S/C22H27N3O2/c1-23-21(26)20(18-12-7-4-8-13-18)25-15-9-14-19(25)22(27)24(2)16-17-10-5-3-6-11-17/h3-8,10-13,19-20H,9,14-16H2,1-2H3,(H,23,26). The molecule has 2 amide bonds. The van der Waals surface area contributed by atoms with Crippen molar-refractivity contribution in [2.24, 2.45) is 0 Å². The summed E-state index contributed by atoms with van der Waals surface area (Å²) in [6, 6.07) is 18.9. The molecule has 3 rings (SSSR count). The molecule has 27 heavy (non-hydrogen) atoms. The van der Waals surface area contributed by atoms with E-state index in [9.17, 15) is 9.59 Å². The smallest absolute Gasteiger partial charge is 0.241 e. The van der Waals surface area contributed by atoms with Gasteiger partial charge in [-0.1, -0.05) is 60.7 Å². The van der Waals surface area contributed by atoms with Gasteiger partial charge in [-0.25, -0.2) is 0 Å². The van der Waals surface area contributed by atoms with E-state index < -0.39 is 6.04 Å². The van der Waals surface area contributed by atoms with Crippen molar-refractivity contribution in [2.45, 2.75) is 31.5 Å². The maximum absolute atomic E-state index is 13.2. The summed E-state index contributed by atoms with van der Waals surface area (Å²) >= 11 is 0. The molecule has 1 N–H and O–H groups in total. The van der Waals surface area contributed by atoms with Crippen LogP contribution in [0.4, 0.5) is 0 Å². The number of amides is 2. The van der Waals surface area contributed by atoms with Gasteiger partial charge in [0.2, 0.25) is 11.8 Å². The molecule has 2 aromatic rings. The Morgan fingerprint density at radius 2 is 1.74 bits per heavy atom. The predicted molar refractivity (Wildman–Crippen MR) is 106 cm³/mol. The maximum atomic E-state index is 13.2. The molecule has 1 aliphatic heterocycles. The maximum Gasteiger partial charge on any atom is 0.241 e. The lowest BCUT2D eigenvalue weighted by atomic mass is 10.0. The molecule has 0 aromatic heterocycles. The first-order valence-corrected chi connectivity index (χ1v) is 9.43. The number of nitrogens with zero attached hydrogens (tertiary/aromatic N) is 2. The van der Waals surface area contributed by atoms with Crippen LogP contribution in [0.25, 0.3) is 0 Å². The molecule has 5 nitrogen and oxygen atoms in total. The van der Waals surface area contributed by atoms with Gasteiger partial charge in [-0.2, -0.15) is 0 Å². The molecule has 142 valence electrons. The van der Waals surface area contributed by atoms with Crippen molar-refractivity contribution >= 4 is 11.8 Å². The summed E-state index contributed by atoms with van der Waals surface area (Å²) < 4.78 is 0. The van der Waals surface area contributed by atoms with Gasteiger partial charge in [0.05, 0.1) is 6.04 Å². The monoisotopic (exact) mass is 365 g/mol. The molecule has 0 spiro atoms. The minimum Gasteiger partial charge on any atom is -0.358 e. The minimum absolute atomic E-state index is 0.0705. The normalized spacial score (nSPS) is 18.1. The molecular weight excluding hydrogens is 338 g/mol. The second kappa shape index (κ2) is 8.82. The third kappa shape index (κ3) is 4.37. The summed E-state index contributed by atoms with van der Waals surface area (Å²) in [6.45, 7) is 1.31.